The van der Waals surface area contributed by atoms with Gasteiger partial charge in [0, 0.05) is 31.7 Å². The van der Waals surface area contributed by atoms with Gasteiger partial charge in [-0.3, -0.25) is 9.69 Å². The first-order valence-electron chi connectivity index (χ1n) is 11.0. The Morgan fingerprint density at radius 2 is 1.67 bits per heavy atom. The normalized spacial score (nSPS) is 16.9. The summed E-state index contributed by atoms with van der Waals surface area (Å²) in [5.74, 6) is -0.671. The maximum absolute atomic E-state index is 13.1. The van der Waals surface area contributed by atoms with Gasteiger partial charge in [-0.05, 0) is 36.2 Å². The van der Waals surface area contributed by atoms with Crippen molar-refractivity contribution in [3.8, 4) is 5.75 Å². The monoisotopic (exact) mass is 464 g/mol. The largest absolute Gasteiger partial charge is 0.508 e. The minimum Gasteiger partial charge on any atom is -0.508 e. The molecule has 0 amide bonds. The summed E-state index contributed by atoms with van der Waals surface area (Å²) in [6.07, 6.45) is -0.0510. The van der Waals surface area contributed by atoms with Crippen molar-refractivity contribution < 1.29 is 19.2 Å². The number of phenolic OH excluding ortho intramolecular Hbond substituents is 1. The molecule has 0 aliphatic carbocycles. The van der Waals surface area contributed by atoms with Crippen LogP contribution in [0.3, 0.4) is 0 Å². The lowest BCUT2D eigenvalue weighted by Gasteiger charge is -2.39. The van der Waals surface area contributed by atoms with Gasteiger partial charge in [-0.25, -0.2) is 8.51 Å². The molecule has 1 aliphatic rings. The summed E-state index contributed by atoms with van der Waals surface area (Å²) in [7, 11) is -1.22. The third kappa shape index (κ3) is 5.50. The number of carboxylic acids is 1. The summed E-state index contributed by atoms with van der Waals surface area (Å²) in [4.78, 5) is 14.3. The number of aryl methyl sites for hydroxylation is 1. The number of para-hydroxylation sites is 1. The van der Waals surface area contributed by atoms with Gasteiger partial charge in [0.2, 0.25) is 0 Å². The Morgan fingerprint density at radius 3 is 2.33 bits per heavy atom. The fraction of sp³-hybridized carbons (Fsp3) is 0.269. The van der Waals surface area contributed by atoms with Gasteiger partial charge in [0.05, 0.1) is 17.4 Å². The van der Waals surface area contributed by atoms with Crippen LogP contribution < -0.4 is 0 Å². The molecule has 1 aliphatic heterocycles. The highest BCUT2D eigenvalue weighted by Gasteiger charge is 2.30. The van der Waals surface area contributed by atoms with Gasteiger partial charge in [0.15, 0.2) is 0 Å². The van der Waals surface area contributed by atoms with Gasteiger partial charge < -0.3 is 10.2 Å². The van der Waals surface area contributed by atoms with Crippen LogP contribution in [-0.2, 0) is 22.2 Å². The Bertz CT molecular complexity index is 1140. The summed E-state index contributed by atoms with van der Waals surface area (Å²) >= 11 is 0. The lowest BCUT2D eigenvalue weighted by Crippen LogP contribution is -2.48. The van der Waals surface area contributed by atoms with E-state index in [1.54, 1.807) is 12.1 Å². The van der Waals surface area contributed by atoms with Crippen molar-refractivity contribution in [1.29, 1.82) is 0 Å². The Morgan fingerprint density at radius 1 is 0.970 bits per heavy atom. The van der Waals surface area contributed by atoms with Crippen molar-refractivity contribution in [2.24, 2.45) is 0 Å². The quantitative estimate of drug-likeness (QED) is 0.557. The first-order chi connectivity index (χ1) is 15.9. The van der Waals surface area contributed by atoms with E-state index in [0.717, 1.165) is 27.1 Å². The summed E-state index contributed by atoms with van der Waals surface area (Å²) in [5.41, 5.74) is 3.57. The number of aliphatic carboxylic acids is 1. The van der Waals surface area contributed by atoms with E-state index >= 15 is 0 Å². The fourth-order valence-electron chi connectivity index (χ4n) is 4.28. The molecule has 2 N–H and O–H groups in total. The molecule has 0 bridgehead atoms. The maximum atomic E-state index is 13.1. The van der Waals surface area contributed by atoms with Crippen molar-refractivity contribution in [3.63, 3.8) is 0 Å². The van der Waals surface area contributed by atoms with E-state index in [1.807, 2.05) is 71.9 Å². The van der Waals surface area contributed by atoms with Crippen LogP contribution in [0.2, 0.25) is 0 Å². The summed E-state index contributed by atoms with van der Waals surface area (Å²) in [6, 6.07) is 22.4. The zero-order chi connectivity index (χ0) is 23.4. The molecule has 0 saturated carbocycles. The van der Waals surface area contributed by atoms with E-state index in [1.165, 1.54) is 0 Å². The number of hydrogen-bond acceptors (Lipinski definition) is 4. The Balaban J connectivity index is 1.58. The van der Waals surface area contributed by atoms with Gasteiger partial charge in [0.1, 0.15) is 16.7 Å². The molecular weight excluding hydrogens is 436 g/mol. The molecule has 6 nitrogen and oxygen atoms in total. The molecule has 1 heterocycles. The van der Waals surface area contributed by atoms with Crippen LogP contribution in [-0.4, -0.2) is 55.8 Å². The topological polar surface area (TPSA) is 81.1 Å². The van der Waals surface area contributed by atoms with Crippen LogP contribution in [0, 0.1) is 6.92 Å². The van der Waals surface area contributed by atoms with Crippen LogP contribution in [0.15, 0.2) is 77.7 Å². The molecule has 7 heteroatoms. The number of hydrogen-bond donors (Lipinski definition) is 2. The minimum atomic E-state index is -1.22. The molecule has 1 fully saturated rings. The van der Waals surface area contributed by atoms with Crippen molar-refractivity contribution in [1.82, 2.24) is 9.21 Å². The van der Waals surface area contributed by atoms with E-state index in [-0.39, 0.29) is 18.2 Å². The number of nitrogens with zero attached hydrogens (tertiary/aromatic N) is 2. The molecule has 172 valence electrons. The van der Waals surface area contributed by atoms with E-state index < -0.39 is 17.0 Å². The third-order valence-corrected chi connectivity index (χ3v) is 7.46. The van der Waals surface area contributed by atoms with Crippen LogP contribution in [0.4, 0.5) is 0 Å². The number of phenols is 1. The highest BCUT2D eigenvalue weighted by atomic mass is 32.2. The van der Waals surface area contributed by atoms with Gasteiger partial charge >= 0.3 is 5.97 Å². The molecule has 2 unspecified atom stereocenters. The van der Waals surface area contributed by atoms with E-state index in [2.05, 4.69) is 4.90 Å². The van der Waals surface area contributed by atoms with Crippen molar-refractivity contribution in [2.45, 2.75) is 24.3 Å². The molecule has 2 atom stereocenters. The van der Waals surface area contributed by atoms with Crippen LogP contribution >= 0.6 is 0 Å². The predicted octanol–water partition coefficient (Wildman–Crippen LogP) is 3.76. The van der Waals surface area contributed by atoms with Crippen LogP contribution in [0.25, 0.3) is 0 Å². The minimum absolute atomic E-state index is 0.0510. The molecule has 0 spiro atoms. The molecule has 33 heavy (non-hydrogen) atoms. The number of carbonyl (C=O) groups is 1. The second-order valence-electron chi connectivity index (χ2n) is 8.30. The first kappa shape index (κ1) is 23.2. The van der Waals surface area contributed by atoms with Crippen LogP contribution in [0.1, 0.15) is 28.3 Å². The molecule has 0 aromatic heterocycles. The average molecular weight is 465 g/mol. The molecular formula is C26H28N2O4S. The first-order valence-corrected chi connectivity index (χ1v) is 12.1. The van der Waals surface area contributed by atoms with E-state index in [0.29, 0.717) is 26.2 Å². The van der Waals surface area contributed by atoms with Crippen molar-refractivity contribution in [3.05, 3.63) is 95.1 Å². The summed E-state index contributed by atoms with van der Waals surface area (Å²) < 4.78 is 15.0. The van der Waals surface area contributed by atoms with Crippen molar-refractivity contribution in [2.75, 3.05) is 26.2 Å². The standard InChI is InChI=1S/C26H28N2O4S/c1-19-9-11-22(12-10-19)33(32)28-15-13-27(14-16-28)26(23-7-2-3-8-24(23)29)21-6-4-5-20(17-21)18-25(30)31/h2-12,17,26,29H,13-16,18H2,1H3,(H,30,31). The van der Waals surface area contributed by atoms with Gasteiger partial charge in [-0.15, -0.1) is 0 Å². The zero-order valence-electron chi connectivity index (χ0n) is 18.6. The Hall–Kier alpha value is -3.00. The molecule has 3 aromatic rings. The number of rotatable bonds is 7. The number of benzene rings is 3. The number of piperazine rings is 1. The SMILES string of the molecule is Cc1ccc(S(=O)N2CCN(C(c3cccc(CC(=O)O)c3)c3ccccc3O)CC2)cc1. The molecule has 3 aromatic carbocycles. The highest BCUT2D eigenvalue weighted by molar-refractivity contribution is 7.82. The summed E-state index contributed by atoms with van der Waals surface area (Å²) in [6.45, 7) is 4.59. The van der Waals surface area contributed by atoms with E-state index in [4.69, 9.17) is 0 Å². The van der Waals surface area contributed by atoms with Gasteiger partial charge in [0.25, 0.3) is 0 Å². The third-order valence-electron chi connectivity index (χ3n) is 5.95. The zero-order valence-corrected chi connectivity index (χ0v) is 19.4. The molecule has 1 saturated heterocycles. The van der Waals surface area contributed by atoms with Gasteiger partial charge in [-0.2, -0.15) is 0 Å². The Kier molecular flexibility index (Phi) is 7.23. The fourth-order valence-corrected chi connectivity index (χ4v) is 5.45. The molecule has 4 rings (SSSR count). The number of carboxylic acid groups (broad SMARTS) is 1. The summed E-state index contributed by atoms with van der Waals surface area (Å²) in [5, 5.41) is 19.8. The molecule has 0 radical (unpaired) electrons. The smallest absolute Gasteiger partial charge is 0.307 e. The second-order valence-corrected chi connectivity index (χ2v) is 9.79. The Labute approximate surface area is 196 Å². The lowest BCUT2D eigenvalue weighted by atomic mass is 9.94. The maximum Gasteiger partial charge on any atom is 0.307 e. The number of aromatic hydroxyl groups is 1. The lowest BCUT2D eigenvalue weighted by molar-refractivity contribution is -0.136. The second kappa shape index (κ2) is 10.3. The van der Waals surface area contributed by atoms with Crippen molar-refractivity contribution >= 4 is 17.0 Å². The van der Waals surface area contributed by atoms with Gasteiger partial charge in [-0.1, -0.05) is 60.2 Å². The van der Waals surface area contributed by atoms with Crippen LogP contribution in [0.5, 0.6) is 5.75 Å². The highest BCUT2D eigenvalue weighted by Crippen LogP contribution is 2.35. The average Bonchev–Trinajstić information content (AvgIpc) is 2.81. The predicted molar refractivity (Wildman–Crippen MR) is 128 cm³/mol. The van der Waals surface area contributed by atoms with E-state index in [9.17, 15) is 19.2 Å².